The van der Waals surface area contributed by atoms with Gasteiger partial charge in [-0.05, 0) is 17.7 Å². The summed E-state index contributed by atoms with van der Waals surface area (Å²) in [6.45, 7) is -1.62. The number of phenols is 1. The standard InChI is InChI=1S/C20H16O3.C5H12O4/c1-23-17-13-12-16(19(21)15-10-6-3-7-11-15)18(20(17)22)14-8-4-2-5-9-14;6-1-5(2-7,3-8)4-9/h2-13,22H,1H3;6-9H,1-4H2. The van der Waals surface area contributed by atoms with Crippen LogP contribution in [0.4, 0.5) is 0 Å². The maximum Gasteiger partial charge on any atom is 0.193 e. The van der Waals surface area contributed by atoms with Crippen molar-refractivity contribution < 1.29 is 35.1 Å². The topological polar surface area (TPSA) is 127 Å². The quantitative estimate of drug-likeness (QED) is 0.340. The van der Waals surface area contributed by atoms with E-state index >= 15 is 0 Å². The molecule has 0 fully saturated rings. The minimum absolute atomic E-state index is 0.0273. The van der Waals surface area contributed by atoms with Crippen molar-refractivity contribution in [2.24, 2.45) is 5.41 Å². The lowest BCUT2D eigenvalue weighted by atomic mass is 9.93. The van der Waals surface area contributed by atoms with Crippen LogP contribution in [0.1, 0.15) is 15.9 Å². The van der Waals surface area contributed by atoms with Crippen LogP contribution in [-0.2, 0) is 0 Å². The van der Waals surface area contributed by atoms with Gasteiger partial charge in [-0.3, -0.25) is 4.79 Å². The predicted molar refractivity (Wildman–Crippen MR) is 121 cm³/mol. The Morgan fingerprint density at radius 2 is 1.28 bits per heavy atom. The third kappa shape index (κ3) is 5.72. The smallest absolute Gasteiger partial charge is 0.193 e. The monoisotopic (exact) mass is 440 g/mol. The number of carbonyl (C=O) groups is 1. The molecule has 0 aromatic heterocycles. The van der Waals surface area contributed by atoms with Crippen molar-refractivity contribution in [3.8, 4) is 22.6 Å². The summed E-state index contributed by atoms with van der Waals surface area (Å²) in [5.74, 6) is 0.177. The molecule has 0 aliphatic heterocycles. The van der Waals surface area contributed by atoms with E-state index < -0.39 is 31.8 Å². The molecule has 0 bridgehead atoms. The first-order valence-electron chi connectivity index (χ1n) is 9.95. The maximum absolute atomic E-state index is 12.8. The fraction of sp³-hybridized carbons (Fsp3) is 0.240. The molecule has 0 unspecified atom stereocenters. The van der Waals surface area contributed by atoms with E-state index in [4.69, 9.17) is 25.2 Å². The predicted octanol–water partition coefficient (Wildman–Crippen LogP) is 2.24. The zero-order valence-corrected chi connectivity index (χ0v) is 17.8. The Kier molecular flexibility index (Phi) is 9.37. The summed E-state index contributed by atoms with van der Waals surface area (Å²) >= 11 is 0. The van der Waals surface area contributed by atoms with Crippen molar-refractivity contribution in [2.45, 2.75) is 0 Å². The molecule has 7 nitrogen and oxygen atoms in total. The minimum Gasteiger partial charge on any atom is -0.504 e. The van der Waals surface area contributed by atoms with E-state index in [2.05, 4.69) is 0 Å². The van der Waals surface area contributed by atoms with Gasteiger partial charge in [0.1, 0.15) is 0 Å². The first-order valence-corrected chi connectivity index (χ1v) is 9.95. The molecule has 3 rings (SSSR count). The summed E-state index contributed by atoms with van der Waals surface area (Å²) < 4.78 is 5.19. The molecule has 32 heavy (non-hydrogen) atoms. The summed E-state index contributed by atoms with van der Waals surface area (Å²) in [4.78, 5) is 12.8. The van der Waals surface area contributed by atoms with Gasteiger partial charge in [0.25, 0.3) is 0 Å². The molecule has 0 aliphatic carbocycles. The summed E-state index contributed by atoms with van der Waals surface area (Å²) in [7, 11) is 1.49. The van der Waals surface area contributed by atoms with Crippen molar-refractivity contribution in [1.29, 1.82) is 0 Å². The Bertz CT molecular complexity index is 966. The second kappa shape index (κ2) is 12.0. The van der Waals surface area contributed by atoms with E-state index in [-0.39, 0.29) is 11.5 Å². The second-order valence-electron chi connectivity index (χ2n) is 7.23. The molecule has 0 amide bonds. The number of ether oxygens (including phenoxy) is 1. The number of carbonyl (C=O) groups excluding carboxylic acids is 1. The fourth-order valence-corrected chi connectivity index (χ4v) is 2.87. The number of aliphatic hydroxyl groups is 4. The second-order valence-corrected chi connectivity index (χ2v) is 7.23. The van der Waals surface area contributed by atoms with Gasteiger partial charge in [-0.25, -0.2) is 0 Å². The SMILES string of the molecule is COc1ccc(C(=O)c2ccccc2)c(-c2ccccc2)c1O.OCC(CO)(CO)CO. The summed E-state index contributed by atoms with van der Waals surface area (Å²) in [5.41, 5.74) is 1.16. The number of aromatic hydroxyl groups is 1. The largest absolute Gasteiger partial charge is 0.504 e. The molecule has 0 heterocycles. The molecular formula is C25H28O7. The van der Waals surface area contributed by atoms with Crippen molar-refractivity contribution in [3.05, 3.63) is 83.9 Å². The summed E-state index contributed by atoms with van der Waals surface area (Å²) in [6, 6.07) is 21.7. The Labute approximate surface area is 186 Å². The van der Waals surface area contributed by atoms with E-state index in [1.165, 1.54) is 7.11 Å². The minimum atomic E-state index is -1.11. The number of rotatable bonds is 8. The van der Waals surface area contributed by atoms with Gasteiger partial charge in [-0.1, -0.05) is 60.7 Å². The number of hydrogen-bond donors (Lipinski definition) is 5. The van der Waals surface area contributed by atoms with Crippen molar-refractivity contribution in [3.63, 3.8) is 0 Å². The summed E-state index contributed by atoms with van der Waals surface area (Å²) in [6.07, 6.45) is 0. The highest BCUT2D eigenvalue weighted by molar-refractivity contribution is 6.13. The van der Waals surface area contributed by atoms with Crippen molar-refractivity contribution in [2.75, 3.05) is 33.5 Å². The van der Waals surface area contributed by atoms with Crippen LogP contribution >= 0.6 is 0 Å². The normalized spacial score (nSPS) is 10.8. The molecule has 5 N–H and O–H groups in total. The van der Waals surface area contributed by atoms with Crippen LogP contribution in [0.3, 0.4) is 0 Å². The third-order valence-electron chi connectivity index (χ3n) is 5.05. The highest BCUT2D eigenvalue weighted by atomic mass is 16.5. The first-order chi connectivity index (χ1) is 15.5. The van der Waals surface area contributed by atoms with Crippen LogP contribution in [0.25, 0.3) is 11.1 Å². The van der Waals surface area contributed by atoms with Gasteiger partial charge < -0.3 is 30.3 Å². The van der Waals surface area contributed by atoms with Crippen LogP contribution in [-0.4, -0.2) is 64.9 Å². The zero-order chi connectivity index (χ0) is 23.6. The third-order valence-corrected chi connectivity index (χ3v) is 5.05. The van der Waals surface area contributed by atoms with Crippen LogP contribution < -0.4 is 4.74 Å². The van der Waals surface area contributed by atoms with E-state index in [0.717, 1.165) is 5.56 Å². The van der Waals surface area contributed by atoms with Crippen LogP contribution in [0.5, 0.6) is 11.5 Å². The molecule has 0 saturated carbocycles. The van der Waals surface area contributed by atoms with Gasteiger partial charge in [0.15, 0.2) is 17.3 Å². The maximum atomic E-state index is 12.8. The zero-order valence-electron chi connectivity index (χ0n) is 17.8. The number of ketones is 1. The van der Waals surface area contributed by atoms with Gasteiger partial charge in [0.05, 0.1) is 39.0 Å². The van der Waals surface area contributed by atoms with Crippen LogP contribution in [0.15, 0.2) is 72.8 Å². The molecule has 0 atom stereocenters. The summed E-state index contributed by atoms with van der Waals surface area (Å²) in [5, 5.41) is 44.5. The van der Waals surface area contributed by atoms with Crippen molar-refractivity contribution >= 4 is 5.78 Å². The molecule has 0 saturated heterocycles. The molecule has 7 heteroatoms. The molecule has 0 radical (unpaired) electrons. The van der Waals surface area contributed by atoms with Crippen molar-refractivity contribution in [1.82, 2.24) is 0 Å². The molecule has 0 aliphatic rings. The molecule has 3 aromatic carbocycles. The number of benzene rings is 3. The molecule has 170 valence electrons. The van der Waals surface area contributed by atoms with Gasteiger partial charge in [0.2, 0.25) is 0 Å². The van der Waals surface area contributed by atoms with E-state index in [1.54, 1.807) is 24.3 Å². The fourth-order valence-electron chi connectivity index (χ4n) is 2.87. The molecule has 3 aromatic rings. The van der Waals surface area contributed by atoms with Gasteiger partial charge in [0, 0.05) is 16.7 Å². The number of hydrogen-bond acceptors (Lipinski definition) is 7. The molecule has 0 spiro atoms. The number of methoxy groups -OCH3 is 1. The Morgan fingerprint density at radius 3 is 1.72 bits per heavy atom. The van der Waals surface area contributed by atoms with E-state index in [0.29, 0.717) is 22.4 Å². The average Bonchev–Trinajstić information content (AvgIpc) is 2.86. The first kappa shape index (κ1) is 25.0. The Hall–Kier alpha value is -3.23. The lowest BCUT2D eigenvalue weighted by Crippen LogP contribution is -2.37. The lowest BCUT2D eigenvalue weighted by Gasteiger charge is -2.23. The van der Waals surface area contributed by atoms with Crippen LogP contribution in [0.2, 0.25) is 0 Å². The Balaban J connectivity index is 0.000000344. The van der Waals surface area contributed by atoms with E-state index in [1.807, 2.05) is 48.5 Å². The average molecular weight is 440 g/mol. The highest BCUT2D eigenvalue weighted by Gasteiger charge is 2.26. The van der Waals surface area contributed by atoms with Gasteiger partial charge >= 0.3 is 0 Å². The lowest BCUT2D eigenvalue weighted by molar-refractivity contribution is -0.0328. The van der Waals surface area contributed by atoms with Gasteiger partial charge in [-0.15, -0.1) is 0 Å². The molecular weight excluding hydrogens is 412 g/mol. The number of aliphatic hydroxyl groups excluding tert-OH is 4. The van der Waals surface area contributed by atoms with Gasteiger partial charge in [-0.2, -0.15) is 0 Å². The highest BCUT2D eigenvalue weighted by Crippen LogP contribution is 2.40. The Morgan fingerprint density at radius 1 is 0.781 bits per heavy atom. The van der Waals surface area contributed by atoms with Crippen LogP contribution in [0, 0.1) is 5.41 Å². The number of phenolic OH excluding ortho intramolecular Hbond substituents is 1. The van der Waals surface area contributed by atoms with E-state index in [9.17, 15) is 9.90 Å².